The van der Waals surface area contributed by atoms with Crippen LogP contribution in [0.5, 0.6) is 0 Å². The van der Waals surface area contributed by atoms with Crippen LogP contribution < -0.4 is 4.90 Å². The largest absolute Gasteiger partial charge is 0.469 e. The zero-order chi connectivity index (χ0) is 13.1. The van der Waals surface area contributed by atoms with Crippen LogP contribution in [0.2, 0.25) is 0 Å². The first-order valence-corrected chi connectivity index (χ1v) is 7.20. The Labute approximate surface area is 112 Å². The van der Waals surface area contributed by atoms with Crippen LogP contribution in [0, 0.1) is 11.8 Å². The molecule has 2 atom stereocenters. The van der Waals surface area contributed by atoms with E-state index in [9.17, 15) is 4.79 Å². The van der Waals surface area contributed by atoms with Crippen LogP contribution in [0.1, 0.15) is 25.5 Å². The number of hydrogen-bond acceptors (Lipinski definition) is 5. The van der Waals surface area contributed by atoms with Crippen molar-refractivity contribution in [1.29, 1.82) is 0 Å². The summed E-state index contributed by atoms with van der Waals surface area (Å²) in [6.07, 6.45) is 2.41. The molecule has 0 aromatic carbocycles. The van der Waals surface area contributed by atoms with Gasteiger partial charge in [-0.3, -0.25) is 4.79 Å². The second-order valence-corrected chi connectivity index (χ2v) is 5.89. The minimum atomic E-state index is -0.176. The predicted octanol–water partition coefficient (Wildman–Crippen LogP) is 2.34. The fourth-order valence-electron chi connectivity index (χ4n) is 2.00. The average molecular weight is 268 g/mol. The summed E-state index contributed by atoms with van der Waals surface area (Å²) in [5.74, 6) is 1.52. The number of ether oxygens (including phenoxy) is 1. The van der Waals surface area contributed by atoms with Crippen molar-refractivity contribution < 1.29 is 9.53 Å². The summed E-state index contributed by atoms with van der Waals surface area (Å²) in [6.45, 7) is 3.38. The predicted molar refractivity (Wildman–Crippen MR) is 73.0 cm³/mol. The molecule has 2 unspecified atom stereocenters. The minimum Gasteiger partial charge on any atom is -0.469 e. The fraction of sp³-hybridized carbons (Fsp3) is 0.692. The maximum atomic E-state index is 11.1. The molecule has 5 heteroatoms. The highest BCUT2D eigenvalue weighted by molar-refractivity contribution is 7.13. The lowest BCUT2D eigenvalue weighted by atomic mass is 10.2. The van der Waals surface area contributed by atoms with Gasteiger partial charge in [0.05, 0.1) is 19.2 Å². The van der Waals surface area contributed by atoms with Gasteiger partial charge in [-0.1, -0.05) is 6.92 Å². The first-order valence-electron chi connectivity index (χ1n) is 6.32. The molecule has 0 spiro atoms. The summed E-state index contributed by atoms with van der Waals surface area (Å²) in [4.78, 5) is 17.8. The summed E-state index contributed by atoms with van der Waals surface area (Å²) in [6, 6.07) is 0. The lowest BCUT2D eigenvalue weighted by molar-refractivity contribution is -0.140. The molecule has 0 amide bonds. The van der Waals surface area contributed by atoms with E-state index in [0.29, 0.717) is 12.8 Å². The van der Waals surface area contributed by atoms with E-state index in [4.69, 9.17) is 0 Å². The first kappa shape index (κ1) is 13.3. The highest BCUT2D eigenvalue weighted by atomic mass is 32.1. The lowest BCUT2D eigenvalue weighted by Crippen LogP contribution is -2.20. The molecule has 1 aromatic heterocycles. The first-order chi connectivity index (χ1) is 8.60. The fourth-order valence-corrected chi connectivity index (χ4v) is 2.84. The van der Waals surface area contributed by atoms with Gasteiger partial charge in [-0.05, 0) is 18.3 Å². The molecule has 0 bridgehead atoms. The molecule has 4 nitrogen and oxygen atoms in total. The van der Waals surface area contributed by atoms with Crippen molar-refractivity contribution >= 4 is 22.4 Å². The molecule has 1 heterocycles. The summed E-state index contributed by atoms with van der Waals surface area (Å²) in [5, 5.41) is 3.08. The van der Waals surface area contributed by atoms with Gasteiger partial charge in [0.1, 0.15) is 0 Å². The van der Waals surface area contributed by atoms with Crippen molar-refractivity contribution in [3.8, 4) is 0 Å². The van der Waals surface area contributed by atoms with Crippen molar-refractivity contribution in [2.24, 2.45) is 11.8 Å². The Hall–Kier alpha value is -1.10. The smallest absolute Gasteiger partial charge is 0.305 e. The van der Waals surface area contributed by atoms with Crippen LogP contribution in [0.15, 0.2) is 5.38 Å². The third-order valence-corrected chi connectivity index (χ3v) is 4.47. The van der Waals surface area contributed by atoms with Gasteiger partial charge in [0.25, 0.3) is 0 Å². The van der Waals surface area contributed by atoms with Crippen molar-refractivity contribution in [3.05, 3.63) is 11.1 Å². The Morgan fingerprint density at radius 1 is 1.67 bits per heavy atom. The topological polar surface area (TPSA) is 42.4 Å². The molecule has 0 saturated heterocycles. The van der Waals surface area contributed by atoms with E-state index in [2.05, 4.69) is 28.6 Å². The normalized spacial score (nSPS) is 21.7. The molecule has 1 saturated carbocycles. The molecule has 1 fully saturated rings. The summed E-state index contributed by atoms with van der Waals surface area (Å²) >= 11 is 1.65. The molecule has 0 radical (unpaired) electrons. The number of carbonyl (C=O) groups excluding carboxylic acids is 1. The molecular formula is C13H20N2O2S. The molecule has 1 aliphatic carbocycles. The van der Waals surface area contributed by atoms with Crippen molar-refractivity contribution in [2.75, 3.05) is 25.6 Å². The van der Waals surface area contributed by atoms with Crippen LogP contribution in [-0.4, -0.2) is 31.7 Å². The third-order valence-electron chi connectivity index (χ3n) is 3.46. The summed E-state index contributed by atoms with van der Waals surface area (Å²) in [5.41, 5.74) is 0.982. The second-order valence-electron chi connectivity index (χ2n) is 5.05. The maximum Gasteiger partial charge on any atom is 0.305 e. The van der Waals surface area contributed by atoms with Gasteiger partial charge in [0, 0.05) is 25.4 Å². The Bertz CT molecular complexity index is 419. The number of carbonyl (C=O) groups is 1. The van der Waals surface area contributed by atoms with Gasteiger partial charge in [-0.25, -0.2) is 4.98 Å². The quantitative estimate of drug-likeness (QED) is 0.743. The average Bonchev–Trinajstić information content (AvgIpc) is 2.87. The van der Waals surface area contributed by atoms with Crippen LogP contribution in [0.25, 0.3) is 0 Å². The van der Waals surface area contributed by atoms with Crippen molar-refractivity contribution in [3.63, 3.8) is 0 Å². The summed E-state index contributed by atoms with van der Waals surface area (Å²) < 4.78 is 4.63. The van der Waals surface area contributed by atoms with Crippen LogP contribution in [0.3, 0.4) is 0 Å². The van der Waals surface area contributed by atoms with Crippen molar-refractivity contribution in [2.45, 2.75) is 26.2 Å². The Kier molecular flexibility index (Phi) is 4.22. The van der Waals surface area contributed by atoms with E-state index in [1.807, 2.05) is 5.38 Å². The Balaban J connectivity index is 1.83. The third kappa shape index (κ3) is 3.45. The number of thiazole rings is 1. The van der Waals surface area contributed by atoms with Gasteiger partial charge in [0.15, 0.2) is 5.13 Å². The number of hydrogen-bond donors (Lipinski definition) is 0. The van der Waals surface area contributed by atoms with Crippen LogP contribution >= 0.6 is 11.3 Å². The number of methoxy groups -OCH3 is 1. The second kappa shape index (κ2) is 5.69. The molecule has 1 aliphatic rings. The molecule has 0 N–H and O–H groups in total. The van der Waals surface area contributed by atoms with E-state index >= 15 is 0 Å². The van der Waals surface area contributed by atoms with Gasteiger partial charge < -0.3 is 9.64 Å². The van der Waals surface area contributed by atoms with Gasteiger partial charge in [-0.15, -0.1) is 11.3 Å². The van der Waals surface area contributed by atoms with E-state index in [-0.39, 0.29) is 5.97 Å². The summed E-state index contributed by atoms with van der Waals surface area (Å²) in [7, 11) is 3.51. The molecule has 1 aromatic rings. The molecule has 0 aliphatic heterocycles. The maximum absolute atomic E-state index is 11.1. The number of anilines is 1. The highest BCUT2D eigenvalue weighted by Gasteiger charge is 2.33. The van der Waals surface area contributed by atoms with Gasteiger partial charge >= 0.3 is 5.97 Å². The van der Waals surface area contributed by atoms with Crippen molar-refractivity contribution in [1.82, 2.24) is 4.98 Å². The van der Waals surface area contributed by atoms with E-state index in [1.54, 1.807) is 11.3 Å². The standard InChI is InChI=1S/C13H20N2O2S/c1-9-6-10(9)7-15(2)13-14-11(8-18-13)4-5-12(16)17-3/h8-10H,4-7H2,1-3H3. The monoisotopic (exact) mass is 268 g/mol. The number of esters is 1. The van der Waals surface area contributed by atoms with Crippen LogP contribution in [0.4, 0.5) is 5.13 Å². The molecular weight excluding hydrogens is 248 g/mol. The Morgan fingerprint density at radius 3 is 3.00 bits per heavy atom. The zero-order valence-corrected chi connectivity index (χ0v) is 12.0. The lowest BCUT2D eigenvalue weighted by Gasteiger charge is -2.14. The van der Waals surface area contributed by atoms with Gasteiger partial charge in [-0.2, -0.15) is 0 Å². The molecule has 18 heavy (non-hydrogen) atoms. The van der Waals surface area contributed by atoms with Gasteiger partial charge in [0.2, 0.25) is 0 Å². The van der Waals surface area contributed by atoms with E-state index in [1.165, 1.54) is 13.5 Å². The SMILES string of the molecule is COC(=O)CCc1csc(N(C)CC2CC2C)n1. The minimum absolute atomic E-state index is 0.176. The number of aromatic nitrogens is 1. The zero-order valence-electron chi connectivity index (χ0n) is 11.2. The van der Waals surface area contributed by atoms with Crippen LogP contribution in [-0.2, 0) is 16.0 Å². The Morgan fingerprint density at radius 2 is 2.39 bits per heavy atom. The number of aryl methyl sites for hydroxylation is 1. The van der Waals surface area contributed by atoms with E-state index in [0.717, 1.165) is 29.2 Å². The van der Waals surface area contributed by atoms with E-state index < -0.39 is 0 Å². The number of rotatable bonds is 6. The molecule has 100 valence electrons. The highest BCUT2D eigenvalue weighted by Crippen LogP contribution is 2.38. The number of nitrogens with zero attached hydrogens (tertiary/aromatic N) is 2. The molecule has 2 rings (SSSR count).